The second kappa shape index (κ2) is 5.70. The van der Waals surface area contributed by atoms with Gasteiger partial charge in [-0.3, -0.25) is 0 Å². The van der Waals surface area contributed by atoms with Gasteiger partial charge in [0, 0.05) is 4.88 Å². The smallest absolute Gasteiger partial charge is 0.110 e. The van der Waals surface area contributed by atoms with Crippen molar-refractivity contribution >= 4 is 11.3 Å². The average molecular weight is 266 g/mol. The van der Waals surface area contributed by atoms with Crippen LogP contribution >= 0.6 is 11.3 Å². The Morgan fingerprint density at radius 3 is 2.61 bits per heavy atom. The molecule has 0 aliphatic heterocycles. The molecule has 3 heteroatoms. The molecule has 0 spiro atoms. The summed E-state index contributed by atoms with van der Waals surface area (Å²) in [5.41, 5.74) is 1.73. The summed E-state index contributed by atoms with van der Waals surface area (Å²) in [5, 5.41) is 4.93. The fourth-order valence-electron chi connectivity index (χ4n) is 2.63. The summed E-state index contributed by atoms with van der Waals surface area (Å²) in [6.07, 6.45) is 6.27. The SMILES string of the molecule is CCNC(CC(C)(C)C)c1nc2c(s1)CCCC2. The van der Waals surface area contributed by atoms with E-state index in [9.17, 15) is 0 Å². The number of hydrogen-bond donors (Lipinski definition) is 1. The number of aromatic nitrogens is 1. The molecule has 0 amide bonds. The van der Waals surface area contributed by atoms with E-state index < -0.39 is 0 Å². The molecule has 0 radical (unpaired) electrons. The van der Waals surface area contributed by atoms with Crippen molar-refractivity contribution in [2.75, 3.05) is 6.54 Å². The highest BCUT2D eigenvalue weighted by Gasteiger charge is 2.24. The first kappa shape index (κ1) is 14.0. The molecule has 1 aromatic heterocycles. The van der Waals surface area contributed by atoms with Gasteiger partial charge in [0.2, 0.25) is 0 Å². The third-order valence-electron chi connectivity index (χ3n) is 3.43. The number of rotatable bonds is 4. The molecule has 1 atom stereocenters. The Morgan fingerprint density at radius 2 is 2.00 bits per heavy atom. The molecule has 1 aliphatic rings. The van der Waals surface area contributed by atoms with Crippen molar-refractivity contribution in [1.82, 2.24) is 10.3 Å². The molecule has 2 nitrogen and oxygen atoms in total. The Morgan fingerprint density at radius 1 is 1.28 bits per heavy atom. The zero-order valence-corrected chi connectivity index (χ0v) is 13.0. The van der Waals surface area contributed by atoms with Gasteiger partial charge < -0.3 is 5.32 Å². The van der Waals surface area contributed by atoms with Gasteiger partial charge in [-0.05, 0) is 44.1 Å². The lowest BCUT2D eigenvalue weighted by molar-refractivity contribution is 0.313. The van der Waals surface area contributed by atoms with Crippen molar-refractivity contribution in [2.45, 2.75) is 65.8 Å². The summed E-state index contributed by atoms with van der Waals surface area (Å²) in [7, 11) is 0. The standard InChI is InChI=1S/C15H26N2S/c1-5-16-12(10-15(2,3)4)14-17-11-8-6-7-9-13(11)18-14/h12,16H,5-10H2,1-4H3. The van der Waals surface area contributed by atoms with Gasteiger partial charge in [-0.1, -0.05) is 27.7 Å². The fourth-order valence-corrected chi connectivity index (χ4v) is 3.86. The minimum Gasteiger partial charge on any atom is -0.308 e. The van der Waals surface area contributed by atoms with Crippen LogP contribution in [0.1, 0.15) is 68.6 Å². The van der Waals surface area contributed by atoms with E-state index in [1.165, 1.54) is 36.4 Å². The first-order chi connectivity index (χ1) is 8.49. The Kier molecular flexibility index (Phi) is 4.44. The highest BCUT2D eigenvalue weighted by molar-refractivity contribution is 7.11. The van der Waals surface area contributed by atoms with Gasteiger partial charge in [0.05, 0.1) is 11.7 Å². The van der Waals surface area contributed by atoms with Gasteiger partial charge in [-0.15, -0.1) is 11.3 Å². The maximum absolute atomic E-state index is 4.91. The minimum absolute atomic E-state index is 0.346. The lowest BCUT2D eigenvalue weighted by atomic mass is 9.88. The highest BCUT2D eigenvalue weighted by atomic mass is 32.1. The van der Waals surface area contributed by atoms with Crippen molar-refractivity contribution in [3.63, 3.8) is 0 Å². The zero-order chi connectivity index (χ0) is 13.2. The van der Waals surface area contributed by atoms with E-state index in [2.05, 4.69) is 33.0 Å². The number of thiazole rings is 1. The van der Waals surface area contributed by atoms with Crippen LogP contribution < -0.4 is 5.32 Å². The molecule has 2 rings (SSSR count). The first-order valence-electron chi connectivity index (χ1n) is 7.21. The summed E-state index contributed by atoms with van der Waals surface area (Å²) in [6, 6.07) is 0.436. The van der Waals surface area contributed by atoms with Crippen molar-refractivity contribution < 1.29 is 0 Å². The lowest BCUT2D eigenvalue weighted by Crippen LogP contribution is -2.25. The van der Waals surface area contributed by atoms with Crippen molar-refractivity contribution in [2.24, 2.45) is 5.41 Å². The Balaban J connectivity index is 2.17. The summed E-state index contributed by atoms with van der Waals surface area (Å²) in [6.45, 7) is 10.1. The molecule has 0 saturated carbocycles. The first-order valence-corrected chi connectivity index (χ1v) is 8.03. The number of nitrogens with zero attached hydrogens (tertiary/aromatic N) is 1. The van der Waals surface area contributed by atoms with Gasteiger partial charge in [-0.25, -0.2) is 4.98 Å². The van der Waals surface area contributed by atoms with E-state index in [0.717, 1.165) is 13.0 Å². The van der Waals surface area contributed by atoms with Crippen molar-refractivity contribution in [1.29, 1.82) is 0 Å². The van der Waals surface area contributed by atoms with Crippen LogP contribution in [0, 0.1) is 5.41 Å². The summed E-state index contributed by atoms with van der Waals surface area (Å²) in [4.78, 5) is 6.46. The molecule has 0 aromatic carbocycles. The van der Waals surface area contributed by atoms with Crippen LogP contribution in [0.25, 0.3) is 0 Å². The van der Waals surface area contributed by atoms with Crippen molar-refractivity contribution in [3.05, 3.63) is 15.6 Å². The van der Waals surface area contributed by atoms with Crippen molar-refractivity contribution in [3.8, 4) is 0 Å². The molecule has 0 saturated heterocycles. The van der Waals surface area contributed by atoms with Crippen LogP contribution in [0.2, 0.25) is 0 Å². The van der Waals surface area contributed by atoms with E-state index in [4.69, 9.17) is 4.98 Å². The summed E-state index contributed by atoms with van der Waals surface area (Å²) in [5.74, 6) is 0. The maximum Gasteiger partial charge on any atom is 0.110 e. The van der Waals surface area contributed by atoms with E-state index >= 15 is 0 Å². The number of hydrogen-bond acceptors (Lipinski definition) is 3. The quantitative estimate of drug-likeness (QED) is 0.887. The lowest BCUT2D eigenvalue weighted by Gasteiger charge is -2.25. The third-order valence-corrected chi connectivity index (χ3v) is 4.70. The van der Waals surface area contributed by atoms with E-state index in [1.54, 1.807) is 4.88 Å². The maximum atomic E-state index is 4.91. The van der Waals surface area contributed by atoms with Gasteiger partial charge in [0.15, 0.2) is 0 Å². The number of aryl methyl sites for hydroxylation is 2. The van der Waals surface area contributed by atoms with E-state index in [0.29, 0.717) is 11.5 Å². The topological polar surface area (TPSA) is 24.9 Å². The molecule has 1 aromatic rings. The molecule has 1 N–H and O–H groups in total. The molecule has 1 aliphatic carbocycles. The molecule has 1 unspecified atom stereocenters. The Labute approximate surface area is 115 Å². The Hall–Kier alpha value is -0.410. The summed E-state index contributed by atoms with van der Waals surface area (Å²) < 4.78 is 0. The van der Waals surface area contributed by atoms with Crippen LogP contribution in [0.5, 0.6) is 0 Å². The molecule has 0 fully saturated rings. The van der Waals surface area contributed by atoms with Gasteiger partial charge in [0.1, 0.15) is 5.01 Å². The highest BCUT2D eigenvalue weighted by Crippen LogP contribution is 2.35. The predicted molar refractivity (Wildman–Crippen MR) is 79.2 cm³/mol. The van der Waals surface area contributed by atoms with Crippen LogP contribution in [0.4, 0.5) is 0 Å². The molecule has 0 bridgehead atoms. The predicted octanol–water partition coefficient (Wildman–Crippen LogP) is 4.11. The third kappa shape index (κ3) is 3.55. The van der Waals surface area contributed by atoms with Gasteiger partial charge in [-0.2, -0.15) is 0 Å². The molecule has 18 heavy (non-hydrogen) atoms. The van der Waals surface area contributed by atoms with E-state index in [-0.39, 0.29) is 0 Å². The fraction of sp³-hybridized carbons (Fsp3) is 0.800. The number of fused-ring (bicyclic) bond motifs is 1. The zero-order valence-electron chi connectivity index (χ0n) is 12.2. The van der Waals surface area contributed by atoms with Gasteiger partial charge in [0.25, 0.3) is 0 Å². The molecular weight excluding hydrogens is 240 g/mol. The molecule has 102 valence electrons. The second-order valence-electron chi connectivity index (χ2n) is 6.50. The van der Waals surface area contributed by atoms with E-state index in [1.807, 2.05) is 11.3 Å². The average Bonchev–Trinajstić information content (AvgIpc) is 2.70. The monoisotopic (exact) mass is 266 g/mol. The molecular formula is C15H26N2S. The summed E-state index contributed by atoms with van der Waals surface area (Å²) >= 11 is 1.95. The molecule has 1 heterocycles. The normalized spacial score (nSPS) is 17.6. The van der Waals surface area contributed by atoms with Crippen LogP contribution in [-0.2, 0) is 12.8 Å². The van der Waals surface area contributed by atoms with Crippen LogP contribution in [-0.4, -0.2) is 11.5 Å². The minimum atomic E-state index is 0.346. The number of nitrogens with one attached hydrogen (secondary N) is 1. The largest absolute Gasteiger partial charge is 0.308 e. The van der Waals surface area contributed by atoms with Crippen LogP contribution in [0.15, 0.2) is 0 Å². The second-order valence-corrected chi connectivity index (χ2v) is 7.62. The Bertz CT molecular complexity index is 366. The van der Waals surface area contributed by atoms with Crippen LogP contribution in [0.3, 0.4) is 0 Å². The van der Waals surface area contributed by atoms with Gasteiger partial charge >= 0.3 is 0 Å².